The summed E-state index contributed by atoms with van der Waals surface area (Å²) in [5, 5.41) is 26.8. The smallest absolute Gasteiger partial charge is 0.343 e. The fourth-order valence-electron chi connectivity index (χ4n) is 3.88. The third-order valence-corrected chi connectivity index (χ3v) is 5.63. The summed E-state index contributed by atoms with van der Waals surface area (Å²) in [6.45, 7) is 0. The minimum atomic E-state index is -0.806. The molecule has 0 amide bonds. The van der Waals surface area contributed by atoms with Crippen molar-refractivity contribution in [3.63, 3.8) is 0 Å². The number of cyclic esters (lactones) is 1. The van der Waals surface area contributed by atoms with Gasteiger partial charge < -0.3 is 14.2 Å². The largest absolute Gasteiger partial charge is 0.493 e. The predicted octanol–water partition coefficient (Wildman–Crippen LogP) is 4.78. The Labute approximate surface area is 208 Å². The summed E-state index contributed by atoms with van der Waals surface area (Å²) in [5.41, 5.74) is 2.87. The number of hydrogen-bond donors (Lipinski definition) is 1. The maximum Gasteiger partial charge on any atom is 0.343 e. The molecule has 1 atom stereocenters. The highest BCUT2D eigenvalue weighted by atomic mass is 19.1. The van der Waals surface area contributed by atoms with Crippen LogP contribution in [0.3, 0.4) is 0 Å². The first-order valence-corrected chi connectivity index (χ1v) is 10.7. The van der Waals surface area contributed by atoms with Crippen LogP contribution < -0.4 is 14.9 Å². The van der Waals surface area contributed by atoms with E-state index in [2.05, 4.69) is 10.5 Å². The highest BCUT2D eigenvalue weighted by Crippen LogP contribution is 2.43. The number of carbonyl (C=O) groups is 1. The summed E-state index contributed by atoms with van der Waals surface area (Å²) in [4.78, 5) is 33.7. The lowest BCUT2D eigenvalue weighted by atomic mass is 9.97. The van der Waals surface area contributed by atoms with Gasteiger partial charge in [0, 0.05) is 18.1 Å². The number of hydrazone groups is 1. The number of benzene rings is 3. The van der Waals surface area contributed by atoms with Gasteiger partial charge in [0.15, 0.2) is 11.5 Å². The van der Waals surface area contributed by atoms with Crippen molar-refractivity contribution in [3.05, 3.63) is 97.3 Å². The average molecular weight is 510 g/mol. The van der Waals surface area contributed by atoms with Crippen LogP contribution >= 0.6 is 0 Å². The number of non-ortho nitro benzene ring substituents is 1. The topological polar surface area (TPSA) is 155 Å². The Morgan fingerprint density at radius 3 is 2.41 bits per heavy atom. The number of hydrogen-bond acceptors (Lipinski definition) is 10. The van der Waals surface area contributed by atoms with Gasteiger partial charge in [0.25, 0.3) is 5.69 Å². The van der Waals surface area contributed by atoms with E-state index in [4.69, 9.17) is 14.2 Å². The molecule has 190 valence electrons. The molecule has 0 fully saturated rings. The zero-order chi connectivity index (χ0) is 26.7. The minimum Gasteiger partial charge on any atom is -0.493 e. The Morgan fingerprint density at radius 2 is 1.78 bits per heavy atom. The Hall–Kier alpha value is -5.07. The van der Waals surface area contributed by atoms with Crippen molar-refractivity contribution in [2.45, 2.75) is 12.5 Å². The van der Waals surface area contributed by atoms with Crippen LogP contribution in [0.2, 0.25) is 0 Å². The highest BCUT2D eigenvalue weighted by Gasteiger charge is 2.36. The Kier molecular flexibility index (Phi) is 6.95. The summed E-state index contributed by atoms with van der Waals surface area (Å²) >= 11 is 0. The second-order valence-corrected chi connectivity index (χ2v) is 7.76. The molecule has 37 heavy (non-hydrogen) atoms. The summed E-state index contributed by atoms with van der Waals surface area (Å²) in [6, 6.07) is 11.7. The number of fused-ring (bicyclic) bond motifs is 1. The lowest BCUT2D eigenvalue weighted by Crippen LogP contribution is -2.11. The van der Waals surface area contributed by atoms with Crippen molar-refractivity contribution in [2.75, 3.05) is 19.6 Å². The van der Waals surface area contributed by atoms with Gasteiger partial charge in [-0.1, -0.05) is 18.2 Å². The monoisotopic (exact) mass is 510 g/mol. The summed E-state index contributed by atoms with van der Waals surface area (Å²) in [6.07, 6.45) is -0.798. The molecule has 1 aliphatic rings. The van der Waals surface area contributed by atoms with Gasteiger partial charge in [-0.15, -0.1) is 0 Å². The molecule has 1 N–H and O–H groups in total. The number of esters is 1. The van der Waals surface area contributed by atoms with E-state index in [9.17, 15) is 29.4 Å². The number of ether oxygens (including phenoxy) is 3. The average Bonchev–Trinajstić information content (AvgIpc) is 3.21. The van der Waals surface area contributed by atoms with E-state index in [1.807, 2.05) is 0 Å². The molecule has 4 rings (SSSR count). The van der Waals surface area contributed by atoms with Crippen LogP contribution in [0.1, 0.15) is 34.0 Å². The van der Waals surface area contributed by atoms with Crippen LogP contribution in [-0.2, 0) is 4.74 Å². The minimum absolute atomic E-state index is 0.00757. The van der Waals surface area contributed by atoms with Gasteiger partial charge in [0.2, 0.25) is 0 Å². The van der Waals surface area contributed by atoms with Crippen LogP contribution in [0.5, 0.6) is 11.5 Å². The van der Waals surface area contributed by atoms with Gasteiger partial charge in [0.1, 0.15) is 23.2 Å². The van der Waals surface area contributed by atoms with E-state index in [1.54, 1.807) is 12.1 Å². The Bertz CT molecular complexity index is 1420. The molecule has 0 spiro atoms. The number of nitrogens with zero attached hydrogens (tertiary/aromatic N) is 3. The molecular weight excluding hydrogens is 491 g/mol. The van der Waals surface area contributed by atoms with Crippen molar-refractivity contribution < 1.29 is 33.2 Å². The molecular formula is C24H19FN4O8. The Morgan fingerprint density at radius 1 is 1.05 bits per heavy atom. The Balaban J connectivity index is 1.73. The molecule has 0 saturated heterocycles. The number of nitrogens with one attached hydrogen (secondary N) is 1. The van der Waals surface area contributed by atoms with Crippen molar-refractivity contribution in [3.8, 4) is 11.5 Å². The van der Waals surface area contributed by atoms with Crippen molar-refractivity contribution >= 4 is 28.7 Å². The van der Waals surface area contributed by atoms with Crippen molar-refractivity contribution in [2.24, 2.45) is 5.10 Å². The predicted molar refractivity (Wildman–Crippen MR) is 129 cm³/mol. The lowest BCUT2D eigenvalue weighted by Gasteiger charge is -2.15. The van der Waals surface area contributed by atoms with E-state index < -0.39 is 39.1 Å². The fourth-order valence-corrected chi connectivity index (χ4v) is 3.88. The molecule has 0 saturated carbocycles. The maximum atomic E-state index is 13.6. The second-order valence-electron chi connectivity index (χ2n) is 7.76. The molecule has 0 aromatic heterocycles. The molecule has 1 aliphatic heterocycles. The van der Waals surface area contributed by atoms with Crippen molar-refractivity contribution in [1.82, 2.24) is 0 Å². The summed E-state index contributed by atoms with van der Waals surface area (Å²) in [7, 11) is 2.83. The standard InChI is InChI=1S/C24H19FN4O8/c1-35-20-10-8-16-21(37-24(30)22(16)23(20)36-2)12-18(13-3-5-14(25)6-4-13)27-26-17-9-7-15(28(31)32)11-19(17)29(33)34/h3-11,21,26H,12H2,1-2H3/b27-18+. The number of carbonyl (C=O) groups excluding carboxylic acids is 1. The summed E-state index contributed by atoms with van der Waals surface area (Å²) < 4.78 is 29.7. The number of anilines is 1. The first-order chi connectivity index (χ1) is 17.7. The lowest BCUT2D eigenvalue weighted by molar-refractivity contribution is -0.393. The molecule has 3 aromatic carbocycles. The molecule has 0 radical (unpaired) electrons. The SMILES string of the molecule is COc1ccc2c(c1OC)C(=O)OC2C/C(=N\Nc1ccc([N+](=O)[O-])cc1[N+](=O)[O-])c1ccc(F)cc1. The zero-order valence-electron chi connectivity index (χ0n) is 19.5. The molecule has 1 unspecified atom stereocenters. The van der Waals surface area contributed by atoms with Crippen LogP contribution in [0.15, 0.2) is 59.7 Å². The number of halogens is 1. The van der Waals surface area contributed by atoms with Crippen LogP contribution in [0.25, 0.3) is 0 Å². The van der Waals surface area contributed by atoms with E-state index in [0.717, 1.165) is 18.2 Å². The maximum absolute atomic E-state index is 13.6. The van der Waals surface area contributed by atoms with E-state index in [-0.39, 0.29) is 29.1 Å². The first kappa shape index (κ1) is 25.0. The highest BCUT2D eigenvalue weighted by molar-refractivity contribution is 6.03. The zero-order valence-corrected chi connectivity index (χ0v) is 19.5. The summed E-state index contributed by atoms with van der Waals surface area (Å²) in [5.74, 6) is -0.560. The quantitative estimate of drug-likeness (QED) is 0.185. The third kappa shape index (κ3) is 5.00. The number of nitro groups is 2. The van der Waals surface area contributed by atoms with Crippen LogP contribution in [-0.4, -0.2) is 35.7 Å². The van der Waals surface area contributed by atoms with E-state index >= 15 is 0 Å². The molecule has 1 heterocycles. The molecule has 12 nitrogen and oxygen atoms in total. The van der Waals surface area contributed by atoms with Crippen LogP contribution in [0.4, 0.5) is 21.5 Å². The fraction of sp³-hybridized carbons (Fsp3) is 0.167. The van der Waals surface area contributed by atoms with E-state index in [1.165, 1.54) is 38.5 Å². The van der Waals surface area contributed by atoms with Crippen molar-refractivity contribution in [1.29, 1.82) is 0 Å². The molecule has 0 bridgehead atoms. The number of rotatable bonds is 9. The third-order valence-electron chi connectivity index (χ3n) is 5.63. The molecule has 0 aliphatic carbocycles. The van der Waals surface area contributed by atoms with Gasteiger partial charge in [-0.3, -0.25) is 25.7 Å². The van der Waals surface area contributed by atoms with Gasteiger partial charge in [-0.25, -0.2) is 9.18 Å². The van der Waals surface area contributed by atoms with Gasteiger partial charge in [-0.05, 0) is 29.8 Å². The molecule has 3 aromatic rings. The number of methoxy groups -OCH3 is 2. The van der Waals surface area contributed by atoms with Gasteiger partial charge in [0.05, 0.1) is 35.8 Å². The van der Waals surface area contributed by atoms with Gasteiger partial charge in [-0.2, -0.15) is 5.10 Å². The van der Waals surface area contributed by atoms with E-state index in [0.29, 0.717) is 16.9 Å². The number of nitro benzene ring substituents is 2. The normalized spacial score (nSPS) is 14.5. The first-order valence-electron chi connectivity index (χ1n) is 10.7. The van der Waals surface area contributed by atoms with Gasteiger partial charge >= 0.3 is 11.7 Å². The second kappa shape index (κ2) is 10.3. The van der Waals surface area contributed by atoms with Crippen LogP contribution in [0, 0.1) is 26.0 Å². The molecule has 13 heteroatoms.